The lowest BCUT2D eigenvalue weighted by Crippen LogP contribution is -2.33. The van der Waals surface area contributed by atoms with Crippen molar-refractivity contribution in [2.75, 3.05) is 6.54 Å². The number of likely N-dealkylation sites (N-methyl/N-ethyl adjacent to an activating group) is 1. The highest BCUT2D eigenvalue weighted by atomic mass is 14.9. The van der Waals surface area contributed by atoms with Crippen LogP contribution < -0.4 is 5.32 Å². The molecule has 0 amide bonds. The second-order valence-corrected chi connectivity index (χ2v) is 5.51. The summed E-state index contributed by atoms with van der Waals surface area (Å²) < 4.78 is 0. The average molecular weight is 268 g/mol. The van der Waals surface area contributed by atoms with E-state index in [9.17, 15) is 0 Å². The first-order chi connectivity index (χ1) is 9.67. The molecule has 2 heteroatoms. The second kappa shape index (κ2) is 7.20. The third-order valence-electron chi connectivity index (χ3n) is 3.49. The number of aryl methyl sites for hydroxylation is 2. The van der Waals surface area contributed by atoms with E-state index in [1.54, 1.807) is 0 Å². The maximum atomic E-state index is 4.09. The van der Waals surface area contributed by atoms with E-state index < -0.39 is 0 Å². The molecule has 1 heterocycles. The predicted molar refractivity (Wildman–Crippen MR) is 85.0 cm³/mol. The summed E-state index contributed by atoms with van der Waals surface area (Å²) in [7, 11) is 0. The summed E-state index contributed by atoms with van der Waals surface area (Å²) in [4.78, 5) is 4.09. The van der Waals surface area contributed by atoms with Gasteiger partial charge in [-0.15, -0.1) is 0 Å². The van der Waals surface area contributed by atoms with Gasteiger partial charge in [-0.1, -0.05) is 36.2 Å². The molecule has 1 N–H and O–H groups in total. The van der Waals surface area contributed by atoms with Gasteiger partial charge in [0.2, 0.25) is 0 Å². The van der Waals surface area contributed by atoms with Gasteiger partial charge in [0.25, 0.3) is 0 Å². The van der Waals surface area contributed by atoms with Crippen LogP contribution in [0.5, 0.6) is 0 Å². The molecule has 0 saturated heterocycles. The topological polar surface area (TPSA) is 24.9 Å². The average Bonchev–Trinajstić information content (AvgIpc) is 2.39. The minimum atomic E-state index is 0.476. The Hall–Kier alpha value is -1.67. The summed E-state index contributed by atoms with van der Waals surface area (Å²) in [6.07, 6.45) is 5.85. The molecule has 1 atom stereocenters. The molecule has 1 aromatic heterocycles. The zero-order valence-corrected chi connectivity index (χ0v) is 12.7. The molecular weight excluding hydrogens is 244 g/mol. The SMILES string of the molecule is CCNC(Cc1ccncc1)Cc1cc(C)cc(C)c1. The second-order valence-electron chi connectivity index (χ2n) is 5.51. The van der Waals surface area contributed by atoms with Crippen molar-refractivity contribution >= 4 is 0 Å². The van der Waals surface area contributed by atoms with Crippen molar-refractivity contribution in [2.24, 2.45) is 0 Å². The summed E-state index contributed by atoms with van der Waals surface area (Å²) in [5.74, 6) is 0. The van der Waals surface area contributed by atoms with Crippen LogP contribution in [-0.4, -0.2) is 17.6 Å². The highest BCUT2D eigenvalue weighted by Crippen LogP contribution is 2.13. The lowest BCUT2D eigenvalue weighted by molar-refractivity contribution is 0.521. The maximum Gasteiger partial charge on any atom is 0.0270 e. The number of aromatic nitrogens is 1. The molecule has 0 aliphatic rings. The predicted octanol–water partition coefficient (Wildman–Crippen LogP) is 3.46. The molecule has 0 radical (unpaired) electrons. The van der Waals surface area contributed by atoms with Gasteiger partial charge in [0, 0.05) is 18.4 Å². The van der Waals surface area contributed by atoms with Gasteiger partial charge in [-0.3, -0.25) is 4.98 Å². The Kier molecular flexibility index (Phi) is 5.31. The molecule has 106 valence electrons. The molecule has 1 aromatic carbocycles. The van der Waals surface area contributed by atoms with Crippen molar-refractivity contribution in [1.29, 1.82) is 0 Å². The van der Waals surface area contributed by atoms with E-state index in [-0.39, 0.29) is 0 Å². The normalized spacial score (nSPS) is 12.3. The fourth-order valence-electron chi connectivity index (χ4n) is 2.78. The number of benzene rings is 1. The van der Waals surface area contributed by atoms with Crippen LogP contribution in [0.2, 0.25) is 0 Å². The third-order valence-corrected chi connectivity index (χ3v) is 3.49. The molecule has 1 unspecified atom stereocenters. The summed E-state index contributed by atoms with van der Waals surface area (Å²) in [5, 5.41) is 3.60. The number of nitrogens with zero attached hydrogens (tertiary/aromatic N) is 1. The minimum Gasteiger partial charge on any atom is -0.314 e. The van der Waals surface area contributed by atoms with E-state index in [0.717, 1.165) is 19.4 Å². The molecule has 2 aromatic rings. The van der Waals surface area contributed by atoms with Gasteiger partial charge in [0.05, 0.1) is 0 Å². The van der Waals surface area contributed by atoms with Crippen LogP contribution in [0.15, 0.2) is 42.7 Å². The van der Waals surface area contributed by atoms with Gasteiger partial charge >= 0.3 is 0 Å². The van der Waals surface area contributed by atoms with Crippen LogP contribution in [0, 0.1) is 13.8 Å². The molecule has 2 nitrogen and oxygen atoms in total. The van der Waals surface area contributed by atoms with Gasteiger partial charge in [0.1, 0.15) is 0 Å². The first-order valence-electron chi connectivity index (χ1n) is 7.37. The van der Waals surface area contributed by atoms with Gasteiger partial charge in [-0.25, -0.2) is 0 Å². The fourth-order valence-corrected chi connectivity index (χ4v) is 2.78. The quantitative estimate of drug-likeness (QED) is 0.868. The lowest BCUT2D eigenvalue weighted by Gasteiger charge is -2.18. The van der Waals surface area contributed by atoms with Crippen LogP contribution >= 0.6 is 0 Å². The summed E-state index contributed by atoms with van der Waals surface area (Å²) in [6, 6.07) is 11.5. The van der Waals surface area contributed by atoms with Crippen LogP contribution in [-0.2, 0) is 12.8 Å². The van der Waals surface area contributed by atoms with Crippen molar-refractivity contribution in [3.05, 3.63) is 65.0 Å². The largest absolute Gasteiger partial charge is 0.314 e. The van der Waals surface area contributed by atoms with Crippen molar-refractivity contribution in [2.45, 2.75) is 39.7 Å². The summed E-state index contributed by atoms with van der Waals surface area (Å²) >= 11 is 0. The monoisotopic (exact) mass is 268 g/mol. The van der Waals surface area contributed by atoms with Gasteiger partial charge in [-0.2, -0.15) is 0 Å². The summed E-state index contributed by atoms with van der Waals surface area (Å²) in [5.41, 5.74) is 5.45. The van der Waals surface area contributed by atoms with E-state index in [1.165, 1.54) is 22.3 Å². The number of rotatable bonds is 6. The molecule has 0 fully saturated rings. The van der Waals surface area contributed by atoms with E-state index in [1.807, 2.05) is 12.4 Å². The number of hydrogen-bond donors (Lipinski definition) is 1. The lowest BCUT2D eigenvalue weighted by atomic mass is 9.97. The number of hydrogen-bond acceptors (Lipinski definition) is 2. The maximum absolute atomic E-state index is 4.09. The number of nitrogens with one attached hydrogen (secondary N) is 1. The Morgan fingerprint density at radius 1 is 0.950 bits per heavy atom. The van der Waals surface area contributed by atoms with E-state index >= 15 is 0 Å². The highest BCUT2D eigenvalue weighted by Gasteiger charge is 2.10. The van der Waals surface area contributed by atoms with Gasteiger partial charge in [0.15, 0.2) is 0 Å². The standard InChI is InChI=1S/C18H24N2/c1-4-20-18(12-16-5-7-19-8-6-16)13-17-10-14(2)9-15(3)11-17/h5-11,18,20H,4,12-13H2,1-3H3. The van der Waals surface area contributed by atoms with E-state index in [0.29, 0.717) is 6.04 Å². The Morgan fingerprint density at radius 2 is 1.55 bits per heavy atom. The number of pyridine rings is 1. The third kappa shape index (κ3) is 4.46. The van der Waals surface area contributed by atoms with Crippen LogP contribution in [0.3, 0.4) is 0 Å². The Balaban J connectivity index is 2.08. The van der Waals surface area contributed by atoms with Crippen LogP contribution in [0.25, 0.3) is 0 Å². The molecule has 0 aliphatic carbocycles. The zero-order valence-electron chi connectivity index (χ0n) is 12.7. The Morgan fingerprint density at radius 3 is 2.15 bits per heavy atom. The minimum absolute atomic E-state index is 0.476. The fraction of sp³-hybridized carbons (Fsp3) is 0.389. The van der Waals surface area contributed by atoms with Crippen LogP contribution in [0.4, 0.5) is 0 Å². The molecule has 2 rings (SSSR count). The zero-order chi connectivity index (χ0) is 14.4. The van der Waals surface area contributed by atoms with Crippen molar-refractivity contribution in [1.82, 2.24) is 10.3 Å². The van der Waals surface area contributed by atoms with Crippen molar-refractivity contribution < 1.29 is 0 Å². The van der Waals surface area contributed by atoms with Gasteiger partial charge in [-0.05, 0) is 56.5 Å². The first kappa shape index (κ1) is 14.7. The molecular formula is C18H24N2. The molecule has 20 heavy (non-hydrogen) atoms. The molecule has 0 spiro atoms. The Bertz CT molecular complexity index is 514. The smallest absolute Gasteiger partial charge is 0.0270 e. The molecule has 0 aliphatic heterocycles. The van der Waals surface area contributed by atoms with E-state index in [4.69, 9.17) is 0 Å². The summed E-state index contributed by atoms with van der Waals surface area (Å²) in [6.45, 7) is 7.50. The highest BCUT2D eigenvalue weighted by molar-refractivity contribution is 5.29. The Labute approximate surface area is 122 Å². The van der Waals surface area contributed by atoms with Crippen molar-refractivity contribution in [3.8, 4) is 0 Å². The van der Waals surface area contributed by atoms with Crippen LogP contribution in [0.1, 0.15) is 29.2 Å². The molecule has 0 bridgehead atoms. The molecule has 0 saturated carbocycles. The first-order valence-corrected chi connectivity index (χ1v) is 7.37. The van der Waals surface area contributed by atoms with Crippen molar-refractivity contribution in [3.63, 3.8) is 0 Å². The van der Waals surface area contributed by atoms with Gasteiger partial charge < -0.3 is 5.32 Å². The van der Waals surface area contributed by atoms with E-state index in [2.05, 4.69) is 61.4 Å².